The maximum absolute atomic E-state index is 5.93. The van der Waals surface area contributed by atoms with Crippen molar-refractivity contribution in [2.45, 2.75) is 13.0 Å². The lowest BCUT2D eigenvalue weighted by molar-refractivity contribution is 0.0384. The van der Waals surface area contributed by atoms with Gasteiger partial charge in [0.2, 0.25) is 5.88 Å². The standard InChI is InChI=1S/C19H25N3O2/c1-20-15-17-14-16(7-9-22-10-12-23-13-11-22)5-6-18(17)24-19-4-2-3-8-21-19/h2-6,8,14,20H,7,9-13,15H2,1H3. The van der Waals surface area contributed by atoms with E-state index in [0.717, 1.165) is 57.1 Å². The van der Waals surface area contributed by atoms with E-state index in [2.05, 4.69) is 33.4 Å². The molecule has 0 amide bonds. The Labute approximate surface area is 143 Å². The van der Waals surface area contributed by atoms with E-state index in [-0.39, 0.29) is 0 Å². The highest BCUT2D eigenvalue weighted by Gasteiger charge is 2.11. The van der Waals surface area contributed by atoms with E-state index in [1.165, 1.54) is 5.56 Å². The highest BCUT2D eigenvalue weighted by atomic mass is 16.5. The van der Waals surface area contributed by atoms with Gasteiger partial charge < -0.3 is 14.8 Å². The molecular weight excluding hydrogens is 302 g/mol. The largest absolute Gasteiger partial charge is 0.439 e. The van der Waals surface area contributed by atoms with Crippen LogP contribution in [-0.2, 0) is 17.7 Å². The van der Waals surface area contributed by atoms with Gasteiger partial charge in [0, 0.05) is 44.0 Å². The van der Waals surface area contributed by atoms with Crippen LogP contribution in [0.3, 0.4) is 0 Å². The van der Waals surface area contributed by atoms with Crippen molar-refractivity contribution in [2.24, 2.45) is 0 Å². The third-order valence-corrected chi connectivity index (χ3v) is 4.16. The maximum atomic E-state index is 5.93. The Morgan fingerprint density at radius 2 is 2.08 bits per heavy atom. The molecule has 0 bridgehead atoms. The van der Waals surface area contributed by atoms with Gasteiger partial charge in [0.05, 0.1) is 13.2 Å². The number of hydrogen-bond acceptors (Lipinski definition) is 5. The van der Waals surface area contributed by atoms with Crippen molar-refractivity contribution in [1.29, 1.82) is 0 Å². The summed E-state index contributed by atoms with van der Waals surface area (Å²) < 4.78 is 11.3. The van der Waals surface area contributed by atoms with Crippen LogP contribution in [0.2, 0.25) is 0 Å². The Kier molecular flexibility index (Phi) is 6.18. The molecule has 1 saturated heterocycles. The number of aromatic nitrogens is 1. The maximum Gasteiger partial charge on any atom is 0.219 e. The highest BCUT2D eigenvalue weighted by Crippen LogP contribution is 2.25. The molecule has 1 N–H and O–H groups in total. The fraction of sp³-hybridized carbons (Fsp3) is 0.421. The minimum atomic E-state index is 0.621. The second-order valence-corrected chi connectivity index (χ2v) is 5.95. The van der Waals surface area contributed by atoms with Gasteiger partial charge in [0.1, 0.15) is 5.75 Å². The smallest absolute Gasteiger partial charge is 0.219 e. The van der Waals surface area contributed by atoms with Crippen LogP contribution in [0.5, 0.6) is 11.6 Å². The topological polar surface area (TPSA) is 46.6 Å². The molecule has 3 rings (SSSR count). The van der Waals surface area contributed by atoms with Crippen molar-refractivity contribution in [3.63, 3.8) is 0 Å². The van der Waals surface area contributed by atoms with Gasteiger partial charge in [-0.3, -0.25) is 4.90 Å². The monoisotopic (exact) mass is 327 g/mol. The lowest BCUT2D eigenvalue weighted by Crippen LogP contribution is -2.37. The minimum Gasteiger partial charge on any atom is -0.439 e. The Morgan fingerprint density at radius 1 is 1.21 bits per heavy atom. The zero-order valence-electron chi connectivity index (χ0n) is 14.2. The van der Waals surface area contributed by atoms with Gasteiger partial charge in [-0.15, -0.1) is 0 Å². The van der Waals surface area contributed by atoms with Gasteiger partial charge in [-0.1, -0.05) is 18.2 Å². The fourth-order valence-corrected chi connectivity index (χ4v) is 2.85. The molecule has 1 aliphatic heterocycles. The van der Waals surface area contributed by atoms with Crippen molar-refractivity contribution in [1.82, 2.24) is 15.2 Å². The quantitative estimate of drug-likeness (QED) is 0.846. The zero-order chi connectivity index (χ0) is 16.6. The molecule has 1 aromatic heterocycles. The minimum absolute atomic E-state index is 0.621. The van der Waals surface area contributed by atoms with Gasteiger partial charge in [-0.2, -0.15) is 0 Å². The van der Waals surface area contributed by atoms with E-state index in [1.54, 1.807) is 6.20 Å². The van der Waals surface area contributed by atoms with Gasteiger partial charge in [-0.25, -0.2) is 4.98 Å². The fourth-order valence-electron chi connectivity index (χ4n) is 2.85. The number of morpholine rings is 1. The van der Waals surface area contributed by atoms with E-state index in [4.69, 9.17) is 9.47 Å². The highest BCUT2D eigenvalue weighted by molar-refractivity contribution is 5.39. The first-order valence-corrected chi connectivity index (χ1v) is 8.50. The van der Waals surface area contributed by atoms with E-state index < -0.39 is 0 Å². The Hall–Kier alpha value is -1.95. The molecule has 0 radical (unpaired) electrons. The number of nitrogens with zero attached hydrogens (tertiary/aromatic N) is 2. The van der Waals surface area contributed by atoms with E-state index in [9.17, 15) is 0 Å². The Balaban J connectivity index is 1.66. The molecule has 1 aliphatic rings. The first-order valence-electron chi connectivity index (χ1n) is 8.50. The average molecular weight is 327 g/mol. The van der Waals surface area contributed by atoms with Crippen LogP contribution in [0.25, 0.3) is 0 Å². The van der Waals surface area contributed by atoms with Crippen molar-refractivity contribution in [2.75, 3.05) is 39.9 Å². The average Bonchev–Trinajstić information content (AvgIpc) is 2.64. The molecule has 0 atom stereocenters. The summed E-state index contributed by atoms with van der Waals surface area (Å²) >= 11 is 0. The van der Waals surface area contributed by atoms with Crippen molar-refractivity contribution >= 4 is 0 Å². The third-order valence-electron chi connectivity index (χ3n) is 4.16. The summed E-state index contributed by atoms with van der Waals surface area (Å²) in [5.41, 5.74) is 2.49. The molecule has 2 aromatic rings. The molecule has 5 nitrogen and oxygen atoms in total. The van der Waals surface area contributed by atoms with Gasteiger partial charge in [0.15, 0.2) is 0 Å². The molecule has 0 saturated carbocycles. The summed E-state index contributed by atoms with van der Waals surface area (Å²) in [6.45, 7) is 5.61. The molecule has 0 spiro atoms. The van der Waals surface area contributed by atoms with Crippen LogP contribution < -0.4 is 10.1 Å². The Bertz CT molecular complexity index is 628. The van der Waals surface area contributed by atoms with Gasteiger partial charge >= 0.3 is 0 Å². The summed E-state index contributed by atoms with van der Waals surface area (Å²) in [6, 6.07) is 12.1. The first-order chi connectivity index (χ1) is 11.8. The summed E-state index contributed by atoms with van der Waals surface area (Å²) in [7, 11) is 1.95. The normalized spacial score (nSPS) is 15.4. The molecule has 0 aliphatic carbocycles. The van der Waals surface area contributed by atoms with Crippen LogP contribution in [0.1, 0.15) is 11.1 Å². The molecular formula is C19H25N3O2. The van der Waals surface area contributed by atoms with Crippen molar-refractivity contribution < 1.29 is 9.47 Å². The number of pyridine rings is 1. The van der Waals surface area contributed by atoms with Crippen molar-refractivity contribution in [3.05, 3.63) is 53.7 Å². The lowest BCUT2D eigenvalue weighted by Gasteiger charge is -2.26. The SMILES string of the molecule is CNCc1cc(CCN2CCOCC2)ccc1Oc1ccccn1. The molecule has 2 heterocycles. The second-order valence-electron chi connectivity index (χ2n) is 5.95. The molecule has 5 heteroatoms. The molecule has 128 valence electrons. The summed E-state index contributed by atoms with van der Waals surface area (Å²) in [4.78, 5) is 6.69. The summed E-state index contributed by atoms with van der Waals surface area (Å²) in [5, 5.41) is 3.22. The van der Waals surface area contributed by atoms with E-state index >= 15 is 0 Å². The molecule has 1 aromatic carbocycles. The number of hydrogen-bond donors (Lipinski definition) is 1. The van der Waals surface area contributed by atoms with Gasteiger partial charge in [0.25, 0.3) is 0 Å². The summed E-state index contributed by atoms with van der Waals surface area (Å²) in [5.74, 6) is 1.48. The molecule has 1 fully saturated rings. The second kappa shape index (κ2) is 8.78. The van der Waals surface area contributed by atoms with Crippen LogP contribution in [0, 0.1) is 0 Å². The van der Waals surface area contributed by atoms with Gasteiger partial charge in [-0.05, 0) is 31.2 Å². The van der Waals surface area contributed by atoms with E-state index in [0.29, 0.717) is 5.88 Å². The zero-order valence-corrected chi connectivity index (χ0v) is 14.2. The number of rotatable bonds is 7. The third kappa shape index (κ3) is 4.77. The number of nitrogens with one attached hydrogen (secondary N) is 1. The number of ether oxygens (including phenoxy) is 2. The predicted molar refractivity (Wildman–Crippen MR) is 94.5 cm³/mol. The van der Waals surface area contributed by atoms with E-state index in [1.807, 2.05) is 25.2 Å². The van der Waals surface area contributed by atoms with Crippen LogP contribution in [-0.4, -0.2) is 49.8 Å². The Morgan fingerprint density at radius 3 is 2.83 bits per heavy atom. The van der Waals surface area contributed by atoms with Crippen LogP contribution in [0.4, 0.5) is 0 Å². The van der Waals surface area contributed by atoms with Crippen LogP contribution >= 0.6 is 0 Å². The first kappa shape index (κ1) is 16.9. The van der Waals surface area contributed by atoms with Crippen molar-refractivity contribution in [3.8, 4) is 11.6 Å². The molecule has 0 unspecified atom stereocenters. The van der Waals surface area contributed by atoms with Crippen LogP contribution in [0.15, 0.2) is 42.6 Å². The summed E-state index contributed by atoms with van der Waals surface area (Å²) in [6.07, 6.45) is 2.78. The lowest BCUT2D eigenvalue weighted by atomic mass is 10.1. The number of benzene rings is 1. The molecule has 24 heavy (non-hydrogen) atoms. The predicted octanol–water partition coefficient (Wildman–Crippen LogP) is 2.47.